The molecule has 0 aromatic carbocycles. The highest BCUT2D eigenvalue weighted by atomic mass is 32.1. The van der Waals surface area contributed by atoms with E-state index in [1.807, 2.05) is 0 Å². The second-order valence-corrected chi connectivity index (χ2v) is 7.14. The maximum atomic E-state index is 6.27. The lowest BCUT2D eigenvalue weighted by Gasteiger charge is -2.56. The predicted octanol–water partition coefficient (Wildman–Crippen LogP) is 3.97. The molecule has 0 saturated heterocycles. The smallest absolute Gasteiger partial charge is 0.0813 e. The molecule has 3 heteroatoms. The van der Waals surface area contributed by atoms with E-state index in [-0.39, 0.29) is 0 Å². The third kappa shape index (κ3) is 2.61. The van der Waals surface area contributed by atoms with Crippen LogP contribution in [-0.2, 0) is 11.3 Å². The van der Waals surface area contributed by atoms with Crippen molar-refractivity contribution in [3.8, 4) is 0 Å². The van der Waals surface area contributed by atoms with Crippen molar-refractivity contribution in [3.63, 3.8) is 0 Å². The van der Waals surface area contributed by atoms with Gasteiger partial charge in [-0.3, -0.25) is 0 Å². The van der Waals surface area contributed by atoms with E-state index in [0.717, 1.165) is 6.61 Å². The van der Waals surface area contributed by atoms with Gasteiger partial charge in [0.05, 0.1) is 12.7 Å². The van der Waals surface area contributed by atoms with Crippen molar-refractivity contribution in [2.24, 2.45) is 5.41 Å². The molecule has 0 bridgehead atoms. The quantitative estimate of drug-likeness (QED) is 0.900. The number of rotatable bonds is 4. The van der Waals surface area contributed by atoms with Gasteiger partial charge in [0.25, 0.3) is 0 Å². The summed E-state index contributed by atoms with van der Waals surface area (Å²) in [6.45, 7) is 0.806. The molecule has 2 nitrogen and oxygen atoms in total. The van der Waals surface area contributed by atoms with Crippen molar-refractivity contribution in [1.82, 2.24) is 5.32 Å². The van der Waals surface area contributed by atoms with Gasteiger partial charge in [-0.05, 0) is 37.8 Å². The molecule has 2 aliphatic rings. The van der Waals surface area contributed by atoms with Crippen LogP contribution < -0.4 is 5.32 Å². The lowest BCUT2D eigenvalue weighted by atomic mass is 9.58. The minimum atomic E-state index is 0.433. The van der Waals surface area contributed by atoms with Crippen molar-refractivity contribution in [3.05, 3.63) is 22.4 Å². The molecule has 1 aromatic rings. The van der Waals surface area contributed by atoms with E-state index in [4.69, 9.17) is 4.74 Å². The molecule has 3 rings (SSSR count). The second kappa shape index (κ2) is 5.94. The van der Waals surface area contributed by atoms with Crippen LogP contribution in [0.25, 0.3) is 0 Å². The summed E-state index contributed by atoms with van der Waals surface area (Å²) in [5, 5.41) is 5.67. The van der Waals surface area contributed by atoms with Crippen LogP contribution >= 0.6 is 11.3 Å². The highest BCUT2D eigenvalue weighted by Gasteiger charge is 2.54. The summed E-state index contributed by atoms with van der Waals surface area (Å²) in [6.07, 6.45) is 9.98. The molecule has 0 radical (unpaired) electrons. The Hall–Kier alpha value is -0.380. The zero-order valence-corrected chi connectivity index (χ0v) is 12.7. The number of nitrogens with one attached hydrogen (secondary N) is 1. The van der Waals surface area contributed by atoms with E-state index >= 15 is 0 Å². The van der Waals surface area contributed by atoms with Crippen LogP contribution in [0.4, 0.5) is 0 Å². The molecule has 1 aromatic heterocycles. The molecule has 1 heterocycles. The summed E-state index contributed by atoms with van der Waals surface area (Å²) in [4.78, 5) is 1.36. The van der Waals surface area contributed by atoms with Crippen molar-refractivity contribution in [2.45, 2.75) is 63.7 Å². The monoisotopic (exact) mass is 279 g/mol. The van der Waals surface area contributed by atoms with Crippen molar-refractivity contribution >= 4 is 11.3 Å². The van der Waals surface area contributed by atoms with Gasteiger partial charge in [-0.1, -0.05) is 31.7 Å². The molecule has 19 heavy (non-hydrogen) atoms. The van der Waals surface area contributed by atoms with Crippen LogP contribution in [0.15, 0.2) is 17.5 Å². The zero-order valence-electron chi connectivity index (χ0n) is 11.9. The summed E-state index contributed by atoms with van der Waals surface area (Å²) in [7, 11) is 2.12. The molecule has 2 unspecified atom stereocenters. The molecule has 0 aliphatic heterocycles. The second-order valence-electron chi connectivity index (χ2n) is 6.10. The molecular weight excluding hydrogens is 254 g/mol. The van der Waals surface area contributed by atoms with E-state index in [0.29, 0.717) is 17.6 Å². The molecule has 0 amide bonds. The van der Waals surface area contributed by atoms with E-state index in [9.17, 15) is 0 Å². The number of ether oxygens (including phenoxy) is 1. The lowest BCUT2D eigenvalue weighted by Crippen LogP contribution is -2.62. The normalized spacial score (nSPS) is 29.9. The first-order valence-electron chi connectivity index (χ1n) is 7.66. The van der Waals surface area contributed by atoms with Gasteiger partial charge < -0.3 is 10.1 Å². The van der Waals surface area contributed by atoms with Crippen LogP contribution in [0.2, 0.25) is 0 Å². The van der Waals surface area contributed by atoms with Crippen LogP contribution in [0.3, 0.4) is 0 Å². The fraction of sp³-hybridized carbons (Fsp3) is 0.750. The largest absolute Gasteiger partial charge is 0.372 e. The minimum absolute atomic E-state index is 0.433. The van der Waals surface area contributed by atoms with E-state index in [1.54, 1.807) is 11.3 Å². The zero-order chi connectivity index (χ0) is 13.1. The molecular formula is C16H25NOS. The fourth-order valence-corrected chi connectivity index (χ4v) is 4.65. The Morgan fingerprint density at radius 3 is 2.74 bits per heavy atom. The van der Waals surface area contributed by atoms with Gasteiger partial charge >= 0.3 is 0 Å². The number of thiophene rings is 1. The predicted molar refractivity (Wildman–Crippen MR) is 80.5 cm³/mol. The first-order valence-corrected chi connectivity index (χ1v) is 8.54. The van der Waals surface area contributed by atoms with Gasteiger partial charge in [0.2, 0.25) is 0 Å². The van der Waals surface area contributed by atoms with Gasteiger partial charge in [-0.15, -0.1) is 11.3 Å². The minimum Gasteiger partial charge on any atom is -0.372 e. The lowest BCUT2D eigenvalue weighted by molar-refractivity contribution is -0.148. The SMILES string of the molecule is CNC1CC(OCc2cccs2)C12CCCCCC2. The highest BCUT2D eigenvalue weighted by molar-refractivity contribution is 7.09. The van der Waals surface area contributed by atoms with E-state index < -0.39 is 0 Å². The summed E-state index contributed by atoms with van der Waals surface area (Å²) >= 11 is 1.80. The molecule has 2 aliphatic carbocycles. The molecule has 2 saturated carbocycles. The van der Waals surface area contributed by atoms with Gasteiger partial charge in [0, 0.05) is 16.3 Å². The first kappa shape index (κ1) is 13.6. The Labute approximate surface area is 120 Å². The van der Waals surface area contributed by atoms with Gasteiger partial charge in [-0.2, -0.15) is 0 Å². The third-order valence-corrected chi connectivity index (χ3v) is 6.02. The Bertz CT molecular complexity index is 381. The number of hydrogen-bond donors (Lipinski definition) is 1. The maximum Gasteiger partial charge on any atom is 0.0813 e. The Morgan fingerprint density at radius 2 is 2.11 bits per heavy atom. The van der Waals surface area contributed by atoms with Crippen LogP contribution in [0.1, 0.15) is 49.8 Å². The first-order chi connectivity index (χ1) is 9.35. The fourth-order valence-electron chi connectivity index (χ4n) is 4.02. The average Bonchev–Trinajstić information content (AvgIpc) is 2.79. The summed E-state index contributed by atoms with van der Waals surface area (Å²) in [5.74, 6) is 0. The molecule has 106 valence electrons. The van der Waals surface area contributed by atoms with Crippen LogP contribution in [0, 0.1) is 5.41 Å². The maximum absolute atomic E-state index is 6.27. The van der Waals surface area contributed by atoms with E-state index in [1.165, 1.54) is 49.8 Å². The van der Waals surface area contributed by atoms with Crippen molar-refractivity contribution < 1.29 is 4.74 Å². The average molecular weight is 279 g/mol. The molecule has 1 spiro atoms. The van der Waals surface area contributed by atoms with Crippen molar-refractivity contribution in [1.29, 1.82) is 0 Å². The van der Waals surface area contributed by atoms with Gasteiger partial charge in [0.1, 0.15) is 0 Å². The van der Waals surface area contributed by atoms with E-state index in [2.05, 4.69) is 29.9 Å². The summed E-state index contributed by atoms with van der Waals surface area (Å²) < 4.78 is 6.27. The summed E-state index contributed by atoms with van der Waals surface area (Å²) in [6, 6.07) is 4.97. The van der Waals surface area contributed by atoms with Gasteiger partial charge in [-0.25, -0.2) is 0 Å². The highest BCUT2D eigenvalue weighted by Crippen LogP contribution is 2.52. The van der Waals surface area contributed by atoms with Crippen molar-refractivity contribution in [2.75, 3.05) is 7.05 Å². The molecule has 1 N–H and O–H groups in total. The summed E-state index contributed by atoms with van der Waals surface area (Å²) in [5.41, 5.74) is 0.433. The van der Waals surface area contributed by atoms with Crippen LogP contribution in [-0.4, -0.2) is 19.2 Å². The number of hydrogen-bond acceptors (Lipinski definition) is 3. The van der Waals surface area contributed by atoms with Gasteiger partial charge in [0.15, 0.2) is 0 Å². The van der Waals surface area contributed by atoms with Crippen LogP contribution in [0.5, 0.6) is 0 Å². The standard InChI is InChI=1S/C16H25NOS/c1-17-14-11-15(18-12-13-7-6-10-19-13)16(14)8-4-2-3-5-9-16/h6-7,10,14-15,17H,2-5,8-9,11-12H2,1H3. The Morgan fingerprint density at radius 1 is 1.32 bits per heavy atom. The molecule has 2 atom stereocenters. The topological polar surface area (TPSA) is 21.3 Å². The Balaban J connectivity index is 1.64. The Kier molecular flexibility index (Phi) is 4.25. The third-order valence-electron chi connectivity index (χ3n) is 5.17. The molecule has 2 fully saturated rings.